The van der Waals surface area contributed by atoms with Crippen molar-refractivity contribution in [2.75, 3.05) is 39.3 Å². The minimum atomic E-state index is -3.38. The fourth-order valence-electron chi connectivity index (χ4n) is 4.06. The topological polar surface area (TPSA) is 65.9 Å². The molecular formula is C20H34N4O3S. The fourth-order valence-corrected chi connectivity index (χ4v) is 5.78. The lowest BCUT2D eigenvalue weighted by molar-refractivity contribution is -0.131. The maximum Gasteiger partial charge on any atom is 0.282 e. The van der Waals surface area contributed by atoms with Gasteiger partial charge in [0.15, 0.2) is 0 Å². The maximum absolute atomic E-state index is 12.9. The largest absolute Gasteiger partial charge is 0.354 e. The number of hydrogen-bond acceptors (Lipinski definition) is 3. The van der Waals surface area contributed by atoms with E-state index in [1.807, 2.05) is 17.0 Å². The Labute approximate surface area is 169 Å². The number of hydrogen-bond donors (Lipinski definition) is 0. The van der Waals surface area contributed by atoms with Gasteiger partial charge in [0.05, 0.1) is 0 Å². The molecule has 2 saturated heterocycles. The number of rotatable bonds is 8. The Balaban J connectivity index is 1.39. The van der Waals surface area contributed by atoms with Gasteiger partial charge in [-0.15, -0.1) is 0 Å². The molecule has 2 aliphatic rings. The molecule has 1 aromatic rings. The highest BCUT2D eigenvalue weighted by Crippen LogP contribution is 2.18. The lowest BCUT2D eigenvalue weighted by Gasteiger charge is -2.31. The van der Waals surface area contributed by atoms with Gasteiger partial charge >= 0.3 is 0 Å². The Morgan fingerprint density at radius 2 is 1.43 bits per heavy atom. The average molecular weight is 411 g/mol. The van der Waals surface area contributed by atoms with Crippen LogP contribution in [0.3, 0.4) is 0 Å². The Morgan fingerprint density at radius 1 is 0.750 bits per heavy atom. The van der Waals surface area contributed by atoms with Crippen molar-refractivity contribution in [1.29, 1.82) is 0 Å². The molecule has 3 heterocycles. The van der Waals surface area contributed by atoms with Crippen LogP contribution in [0, 0.1) is 0 Å². The third kappa shape index (κ3) is 5.81. The summed E-state index contributed by atoms with van der Waals surface area (Å²) in [5.74, 6) is 0.165. The summed E-state index contributed by atoms with van der Waals surface area (Å²) in [5.41, 5.74) is 0. The van der Waals surface area contributed by atoms with Crippen LogP contribution in [0.4, 0.5) is 0 Å². The summed E-state index contributed by atoms with van der Waals surface area (Å²) in [4.78, 5) is 14.4. The molecule has 0 atom stereocenters. The third-order valence-corrected chi connectivity index (χ3v) is 7.78. The van der Waals surface area contributed by atoms with E-state index < -0.39 is 10.2 Å². The second-order valence-electron chi connectivity index (χ2n) is 7.83. The van der Waals surface area contributed by atoms with E-state index in [2.05, 4.69) is 17.0 Å². The van der Waals surface area contributed by atoms with E-state index >= 15 is 0 Å². The molecule has 7 nitrogen and oxygen atoms in total. The standard InChI is InChI=1S/C20H34N4O3S/c25-20(10-3-1-4-11-21-12-7-8-13-21)22-14-9-17-24(19-18-22)28(26,27)23-15-5-2-6-16-23/h7-8,12-13H,1-6,9-11,14-19H2. The summed E-state index contributed by atoms with van der Waals surface area (Å²) in [6.45, 7) is 4.35. The molecule has 0 saturated carbocycles. The molecule has 0 aliphatic carbocycles. The SMILES string of the molecule is O=C(CCCCCn1cccc1)N1CCCN(S(=O)(=O)N2CCCCC2)CC1. The molecule has 2 fully saturated rings. The van der Waals surface area contributed by atoms with Crippen molar-refractivity contribution >= 4 is 16.1 Å². The maximum atomic E-state index is 12.9. The number of nitrogens with zero attached hydrogens (tertiary/aromatic N) is 4. The zero-order chi connectivity index (χ0) is 19.8. The Hall–Kier alpha value is -1.38. The summed E-state index contributed by atoms with van der Waals surface area (Å²) in [5, 5.41) is 0. The summed E-state index contributed by atoms with van der Waals surface area (Å²) in [6, 6.07) is 4.05. The molecule has 158 valence electrons. The molecule has 0 unspecified atom stereocenters. The van der Waals surface area contributed by atoms with Crippen LogP contribution in [0.1, 0.15) is 51.4 Å². The lowest BCUT2D eigenvalue weighted by Crippen LogP contribution is -2.47. The number of aromatic nitrogens is 1. The predicted molar refractivity (Wildman–Crippen MR) is 110 cm³/mol. The number of aryl methyl sites for hydroxylation is 1. The van der Waals surface area contributed by atoms with Crippen LogP contribution in [0.5, 0.6) is 0 Å². The number of piperidine rings is 1. The first-order valence-electron chi connectivity index (χ1n) is 10.7. The van der Waals surface area contributed by atoms with Crippen molar-refractivity contribution in [3.05, 3.63) is 24.5 Å². The predicted octanol–water partition coefficient (Wildman–Crippen LogP) is 2.31. The van der Waals surface area contributed by atoms with Crippen molar-refractivity contribution in [3.63, 3.8) is 0 Å². The van der Waals surface area contributed by atoms with E-state index in [0.717, 1.165) is 45.1 Å². The molecule has 0 N–H and O–H groups in total. The highest BCUT2D eigenvalue weighted by molar-refractivity contribution is 7.86. The summed E-state index contributed by atoms with van der Waals surface area (Å²) >= 11 is 0. The molecule has 3 rings (SSSR count). The van der Waals surface area contributed by atoms with Crippen LogP contribution in [0.15, 0.2) is 24.5 Å². The average Bonchev–Trinajstić information content (AvgIpc) is 3.09. The molecule has 2 aliphatic heterocycles. The first-order chi connectivity index (χ1) is 13.6. The van der Waals surface area contributed by atoms with Gasteiger partial charge in [-0.05, 0) is 44.2 Å². The van der Waals surface area contributed by atoms with E-state index in [4.69, 9.17) is 0 Å². The molecule has 0 spiro atoms. The van der Waals surface area contributed by atoms with Crippen molar-refractivity contribution in [2.45, 2.75) is 57.9 Å². The summed E-state index contributed by atoms with van der Waals surface area (Å²) < 4.78 is 31.1. The van der Waals surface area contributed by atoms with Crippen molar-refractivity contribution in [3.8, 4) is 0 Å². The minimum Gasteiger partial charge on any atom is -0.354 e. The Kier molecular flexibility index (Phi) is 7.93. The van der Waals surface area contributed by atoms with Gasteiger partial charge in [0.1, 0.15) is 0 Å². The normalized spacial score (nSPS) is 20.2. The number of carbonyl (C=O) groups is 1. The van der Waals surface area contributed by atoms with Gasteiger partial charge in [-0.3, -0.25) is 4.79 Å². The number of amides is 1. The van der Waals surface area contributed by atoms with Crippen LogP contribution in [0.2, 0.25) is 0 Å². The van der Waals surface area contributed by atoms with Crippen LogP contribution >= 0.6 is 0 Å². The molecule has 28 heavy (non-hydrogen) atoms. The zero-order valence-electron chi connectivity index (χ0n) is 16.8. The van der Waals surface area contributed by atoms with Crippen LogP contribution in [0.25, 0.3) is 0 Å². The monoisotopic (exact) mass is 410 g/mol. The highest BCUT2D eigenvalue weighted by atomic mass is 32.2. The first-order valence-corrected chi connectivity index (χ1v) is 12.1. The van der Waals surface area contributed by atoms with Gasteiger partial charge in [0.25, 0.3) is 10.2 Å². The molecule has 0 bridgehead atoms. The Morgan fingerprint density at radius 3 is 2.18 bits per heavy atom. The third-order valence-electron chi connectivity index (χ3n) is 5.75. The van der Waals surface area contributed by atoms with E-state index in [9.17, 15) is 13.2 Å². The first kappa shape index (κ1) is 21.3. The van der Waals surface area contributed by atoms with Gasteiger partial charge in [0.2, 0.25) is 5.91 Å². The second kappa shape index (κ2) is 10.4. The van der Waals surface area contributed by atoms with Gasteiger partial charge in [0, 0.05) is 64.6 Å². The number of unbranched alkanes of at least 4 members (excludes halogenated alkanes) is 2. The molecule has 1 amide bonds. The van der Waals surface area contributed by atoms with Gasteiger partial charge in [-0.2, -0.15) is 17.0 Å². The van der Waals surface area contributed by atoms with E-state index in [-0.39, 0.29) is 5.91 Å². The van der Waals surface area contributed by atoms with E-state index in [0.29, 0.717) is 52.1 Å². The summed E-state index contributed by atoms with van der Waals surface area (Å²) in [6.07, 6.45) is 11.4. The Bertz CT molecular complexity index is 699. The second-order valence-corrected chi connectivity index (χ2v) is 9.76. The van der Waals surface area contributed by atoms with Crippen molar-refractivity contribution in [2.24, 2.45) is 0 Å². The molecule has 0 radical (unpaired) electrons. The quantitative estimate of drug-likeness (QED) is 0.618. The van der Waals surface area contributed by atoms with Crippen LogP contribution in [-0.2, 0) is 21.5 Å². The summed E-state index contributed by atoms with van der Waals surface area (Å²) in [7, 11) is -3.38. The minimum absolute atomic E-state index is 0.165. The highest BCUT2D eigenvalue weighted by Gasteiger charge is 2.32. The van der Waals surface area contributed by atoms with Gasteiger partial charge in [-0.25, -0.2) is 0 Å². The van der Waals surface area contributed by atoms with Crippen LogP contribution in [-0.4, -0.2) is 71.7 Å². The van der Waals surface area contributed by atoms with Crippen LogP contribution < -0.4 is 0 Å². The van der Waals surface area contributed by atoms with Crippen molar-refractivity contribution in [1.82, 2.24) is 18.1 Å². The molecule has 8 heteroatoms. The van der Waals surface area contributed by atoms with Crippen molar-refractivity contribution < 1.29 is 13.2 Å². The van der Waals surface area contributed by atoms with E-state index in [1.165, 1.54) is 0 Å². The zero-order valence-corrected chi connectivity index (χ0v) is 17.7. The van der Waals surface area contributed by atoms with Gasteiger partial charge < -0.3 is 9.47 Å². The van der Waals surface area contributed by atoms with Gasteiger partial charge in [-0.1, -0.05) is 12.8 Å². The molecule has 1 aromatic heterocycles. The molecule has 0 aromatic carbocycles. The smallest absolute Gasteiger partial charge is 0.282 e. The number of carbonyl (C=O) groups excluding carboxylic acids is 1. The van der Waals surface area contributed by atoms with E-state index in [1.54, 1.807) is 8.61 Å². The molecular weight excluding hydrogens is 376 g/mol. The fraction of sp³-hybridized carbons (Fsp3) is 0.750. The lowest BCUT2D eigenvalue weighted by atomic mass is 10.1.